The predicted molar refractivity (Wildman–Crippen MR) is 87.6 cm³/mol. The van der Waals surface area contributed by atoms with Gasteiger partial charge in [0.15, 0.2) is 0 Å². The van der Waals surface area contributed by atoms with E-state index in [2.05, 4.69) is 4.72 Å². The summed E-state index contributed by atoms with van der Waals surface area (Å²) in [4.78, 5) is 0. The summed E-state index contributed by atoms with van der Waals surface area (Å²) in [5, 5.41) is 1.14. The molecule has 0 atom stereocenters. The Morgan fingerprint density at radius 3 is 2.61 bits per heavy atom. The summed E-state index contributed by atoms with van der Waals surface area (Å²) >= 11 is 0. The highest BCUT2D eigenvalue weighted by molar-refractivity contribution is 7.92. The maximum Gasteiger partial charge on any atom is 0.234 e. The quantitative estimate of drug-likeness (QED) is 0.749. The Labute approximate surface area is 134 Å². The molecule has 1 aromatic carbocycles. The Morgan fingerprint density at radius 1 is 1.04 bits per heavy atom. The van der Waals surface area contributed by atoms with Crippen LogP contribution < -0.4 is 4.72 Å². The van der Waals surface area contributed by atoms with E-state index in [1.807, 2.05) is 30.3 Å². The standard InChI is InChI=1S/C17H15NO4S/c19-23(20,11-9-14-4-2-1-3-5-14)18-12-16-6-7-17(22-16)15-8-10-21-13-15/h1-11,13,18H,12H2. The van der Waals surface area contributed by atoms with Crippen LogP contribution in [0.2, 0.25) is 0 Å². The molecule has 118 valence electrons. The Balaban J connectivity index is 1.62. The first kappa shape index (κ1) is 15.3. The van der Waals surface area contributed by atoms with Gasteiger partial charge in [0, 0.05) is 5.41 Å². The summed E-state index contributed by atoms with van der Waals surface area (Å²) in [5.74, 6) is 1.16. The van der Waals surface area contributed by atoms with Crippen LogP contribution in [0.5, 0.6) is 0 Å². The second-order valence-corrected chi connectivity index (χ2v) is 6.51. The Kier molecular flexibility index (Phi) is 4.45. The topological polar surface area (TPSA) is 72.5 Å². The fraction of sp³-hybridized carbons (Fsp3) is 0.0588. The number of hydrogen-bond acceptors (Lipinski definition) is 4. The van der Waals surface area contributed by atoms with Crippen LogP contribution in [0.1, 0.15) is 11.3 Å². The molecule has 1 N–H and O–H groups in total. The third-order valence-electron chi connectivity index (χ3n) is 3.15. The number of sulfonamides is 1. The molecule has 0 saturated heterocycles. The van der Waals surface area contributed by atoms with Crippen LogP contribution in [0.4, 0.5) is 0 Å². The van der Waals surface area contributed by atoms with Gasteiger partial charge in [-0.3, -0.25) is 0 Å². The Hall–Kier alpha value is -2.57. The fourth-order valence-electron chi connectivity index (χ4n) is 1.98. The second kappa shape index (κ2) is 6.68. The summed E-state index contributed by atoms with van der Waals surface area (Å²) in [6.07, 6.45) is 4.66. The first-order valence-electron chi connectivity index (χ1n) is 6.96. The van der Waals surface area contributed by atoms with Crippen LogP contribution >= 0.6 is 0 Å². The molecule has 0 radical (unpaired) electrons. The lowest BCUT2D eigenvalue weighted by Crippen LogP contribution is -2.20. The largest absolute Gasteiger partial charge is 0.472 e. The molecule has 23 heavy (non-hydrogen) atoms. The van der Waals surface area contributed by atoms with Gasteiger partial charge >= 0.3 is 0 Å². The van der Waals surface area contributed by atoms with Crippen molar-refractivity contribution in [1.82, 2.24) is 4.72 Å². The molecule has 2 aromatic heterocycles. The van der Waals surface area contributed by atoms with Crippen molar-refractivity contribution < 1.29 is 17.3 Å². The zero-order valence-electron chi connectivity index (χ0n) is 12.2. The summed E-state index contributed by atoms with van der Waals surface area (Å²) in [7, 11) is -3.53. The van der Waals surface area contributed by atoms with Gasteiger partial charge in [0.05, 0.1) is 18.4 Å². The highest BCUT2D eigenvalue weighted by atomic mass is 32.2. The minimum atomic E-state index is -3.53. The van der Waals surface area contributed by atoms with Gasteiger partial charge in [0.25, 0.3) is 0 Å². The van der Waals surface area contributed by atoms with Gasteiger partial charge in [-0.1, -0.05) is 30.3 Å². The molecule has 3 aromatic rings. The molecule has 2 heterocycles. The van der Waals surface area contributed by atoms with Crippen molar-refractivity contribution in [2.45, 2.75) is 6.54 Å². The molecule has 0 aliphatic rings. The molecule has 5 nitrogen and oxygen atoms in total. The van der Waals surface area contributed by atoms with Crippen molar-refractivity contribution in [3.05, 3.63) is 77.8 Å². The number of nitrogens with one attached hydrogen (secondary N) is 1. The molecule has 0 saturated carbocycles. The van der Waals surface area contributed by atoms with E-state index in [0.29, 0.717) is 11.5 Å². The van der Waals surface area contributed by atoms with Crippen LogP contribution in [0.25, 0.3) is 17.4 Å². The van der Waals surface area contributed by atoms with Crippen molar-refractivity contribution in [3.8, 4) is 11.3 Å². The summed E-state index contributed by atoms with van der Waals surface area (Å²) in [6.45, 7) is 0.0827. The van der Waals surface area contributed by atoms with Gasteiger partial charge in [0.2, 0.25) is 10.0 Å². The molecule has 0 aliphatic heterocycles. The molecular weight excluding hydrogens is 314 g/mol. The van der Waals surface area contributed by atoms with Crippen molar-refractivity contribution in [1.29, 1.82) is 0 Å². The average Bonchev–Trinajstić information content (AvgIpc) is 3.23. The SMILES string of the molecule is O=S(=O)(C=Cc1ccccc1)NCc1ccc(-c2ccoc2)o1. The highest BCUT2D eigenvalue weighted by Gasteiger charge is 2.09. The van der Waals surface area contributed by atoms with E-state index in [0.717, 1.165) is 16.5 Å². The van der Waals surface area contributed by atoms with Gasteiger partial charge in [-0.15, -0.1) is 0 Å². The predicted octanol–water partition coefficient (Wildman–Crippen LogP) is 3.63. The van der Waals surface area contributed by atoms with Gasteiger partial charge in [-0.2, -0.15) is 0 Å². The molecule has 0 unspecified atom stereocenters. The van der Waals surface area contributed by atoms with Gasteiger partial charge in [-0.25, -0.2) is 13.1 Å². The Bertz CT molecular complexity index is 878. The van der Waals surface area contributed by atoms with Crippen LogP contribution in [0.3, 0.4) is 0 Å². The van der Waals surface area contributed by atoms with Crippen molar-refractivity contribution in [2.75, 3.05) is 0 Å². The highest BCUT2D eigenvalue weighted by Crippen LogP contribution is 2.22. The molecule has 0 aliphatic carbocycles. The lowest BCUT2D eigenvalue weighted by Gasteiger charge is -2.00. The number of furan rings is 2. The van der Waals surface area contributed by atoms with E-state index in [1.165, 1.54) is 0 Å². The normalized spacial score (nSPS) is 12.0. The number of hydrogen-bond donors (Lipinski definition) is 1. The number of rotatable bonds is 6. The van der Waals surface area contributed by atoms with E-state index < -0.39 is 10.0 Å². The molecule has 3 rings (SSSR count). The maximum absolute atomic E-state index is 12.0. The summed E-state index contributed by atoms with van der Waals surface area (Å²) < 4.78 is 36.9. The van der Waals surface area contributed by atoms with E-state index in [-0.39, 0.29) is 6.54 Å². The van der Waals surface area contributed by atoms with E-state index in [9.17, 15) is 8.42 Å². The van der Waals surface area contributed by atoms with E-state index >= 15 is 0 Å². The smallest absolute Gasteiger partial charge is 0.234 e. The van der Waals surface area contributed by atoms with Crippen molar-refractivity contribution in [2.24, 2.45) is 0 Å². The van der Waals surface area contributed by atoms with Gasteiger partial charge in [0.1, 0.15) is 17.8 Å². The third-order valence-corrected chi connectivity index (χ3v) is 4.20. The zero-order valence-corrected chi connectivity index (χ0v) is 13.0. The monoisotopic (exact) mass is 329 g/mol. The van der Waals surface area contributed by atoms with Crippen LogP contribution in [0.15, 0.2) is 75.3 Å². The summed E-state index contributed by atoms with van der Waals surface area (Å²) in [6, 6.07) is 14.5. The first-order chi connectivity index (χ1) is 11.1. The number of benzene rings is 1. The zero-order chi connectivity index (χ0) is 16.1. The van der Waals surface area contributed by atoms with Crippen molar-refractivity contribution in [3.63, 3.8) is 0 Å². The summed E-state index contributed by atoms with van der Waals surface area (Å²) in [5.41, 5.74) is 1.63. The molecule has 0 fully saturated rings. The minimum absolute atomic E-state index is 0.0827. The van der Waals surface area contributed by atoms with Crippen LogP contribution in [0, 0.1) is 0 Å². The van der Waals surface area contributed by atoms with Crippen molar-refractivity contribution >= 4 is 16.1 Å². The lowest BCUT2D eigenvalue weighted by molar-refractivity contribution is 0.509. The van der Waals surface area contributed by atoms with Crippen LogP contribution in [-0.2, 0) is 16.6 Å². The van der Waals surface area contributed by atoms with Gasteiger partial charge < -0.3 is 8.83 Å². The van der Waals surface area contributed by atoms with Gasteiger partial charge in [-0.05, 0) is 29.8 Å². The second-order valence-electron chi connectivity index (χ2n) is 4.86. The maximum atomic E-state index is 12.0. The minimum Gasteiger partial charge on any atom is -0.472 e. The molecular formula is C17H15NO4S. The fourth-order valence-corrected chi connectivity index (χ4v) is 2.76. The molecule has 6 heteroatoms. The molecule has 0 bridgehead atoms. The van der Waals surface area contributed by atoms with Crippen LogP contribution in [-0.4, -0.2) is 8.42 Å². The lowest BCUT2D eigenvalue weighted by atomic mass is 10.2. The molecule has 0 spiro atoms. The van der Waals surface area contributed by atoms with E-state index in [4.69, 9.17) is 8.83 Å². The first-order valence-corrected chi connectivity index (χ1v) is 8.51. The molecule has 0 amide bonds. The Morgan fingerprint density at radius 2 is 1.87 bits per heavy atom. The average molecular weight is 329 g/mol. The van der Waals surface area contributed by atoms with E-state index in [1.54, 1.807) is 36.8 Å². The third kappa shape index (κ3) is 4.21.